The van der Waals surface area contributed by atoms with Crippen molar-refractivity contribution in [3.8, 4) is 11.5 Å². The number of piperazine rings is 1. The number of rotatable bonds is 8. The molecule has 2 aromatic carbocycles. The maximum Gasteiger partial charge on any atom is 0.308 e. The number of aliphatic carboxylic acids is 1. The number of fused-ring (bicyclic) bond motifs is 1. The average Bonchev–Trinajstić information content (AvgIpc) is 3.23. The van der Waals surface area contributed by atoms with Gasteiger partial charge >= 0.3 is 5.97 Å². The fraction of sp³-hybridized carbons (Fsp3) is 0.391. The van der Waals surface area contributed by atoms with E-state index in [4.69, 9.17) is 9.47 Å². The molecular formula is C23H27N3O5. The Bertz CT molecular complexity index is 913. The minimum Gasteiger partial charge on any atom is -0.481 e. The van der Waals surface area contributed by atoms with E-state index in [1.54, 1.807) is 12.1 Å². The van der Waals surface area contributed by atoms with E-state index in [2.05, 4.69) is 15.1 Å². The number of para-hydroxylation sites is 1. The van der Waals surface area contributed by atoms with Gasteiger partial charge in [-0.1, -0.05) is 24.3 Å². The highest BCUT2D eigenvalue weighted by Gasteiger charge is 2.26. The molecule has 2 N–H and O–H groups in total. The number of benzene rings is 2. The van der Waals surface area contributed by atoms with Crippen LogP contribution in [-0.2, 0) is 16.1 Å². The molecular weight excluding hydrogens is 398 g/mol. The first-order valence-electron chi connectivity index (χ1n) is 10.5. The standard InChI is InChI=1S/C23H27N3O5/c27-22(24-19-4-2-1-3-5-19)13-18(23(28)29)15-26-10-8-25(9-11-26)14-17-6-7-20-21(12-17)31-16-30-20/h1-7,12,18H,8-11,13-16H2,(H,24,27)(H,28,29). The quantitative estimate of drug-likeness (QED) is 0.670. The molecule has 31 heavy (non-hydrogen) atoms. The SMILES string of the molecule is O=C(CC(CN1CCN(Cc2ccc3c(c2)OCO3)CC1)C(=O)O)Nc1ccccc1. The monoisotopic (exact) mass is 425 g/mol. The van der Waals surface area contributed by atoms with Gasteiger partial charge in [0.1, 0.15) is 0 Å². The Morgan fingerprint density at radius 1 is 0.968 bits per heavy atom. The topological polar surface area (TPSA) is 91.3 Å². The Morgan fingerprint density at radius 3 is 2.42 bits per heavy atom. The van der Waals surface area contributed by atoms with Crippen LogP contribution in [0.1, 0.15) is 12.0 Å². The van der Waals surface area contributed by atoms with E-state index >= 15 is 0 Å². The lowest BCUT2D eigenvalue weighted by molar-refractivity contribution is -0.144. The minimum absolute atomic E-state index is 0.0400. The number of nitrogens with zero attached hydrogens (tertiary/aromatic N) is 2. The molecule has 0 aliphatic carbocycles. The van der Waals surface area contributed by atoms with Crippen molar-refractivity contribution >= 4 is 17.6 Å². The number of ether oxygens (including phenoxy) is 2. The van der Waals surface area contributed by atoms with Gasteiger partial charge in [0.05, 0.1) is 5.92 Å². The minimum atomic E-state index is -0.939. The molecule has 1 saturated heterocycles. The molecule has 1 atom stereocenters. The van der Waals surface area contributed by atoms with Crippen LogP contribution in [-0.4, -0.2) is 66.3 Å². The summed E-state index contributed by atoms with van der Waals surface area (Å²) >= 11 is 0. The van der Waals surface area contributed by atoms with Gasteiger partial charge in [-0.3, -0.25) is 19.4 Å². The molecule has 0 radical (unpaired) electrons. The van der Waals surface area contributed by atoms with Gasteiger partial charge in [-0.05, 0) is 29.8 Å². The number of anilines is 1. The summed E-state index contributed by atoms with van der Waals surface area (Å²) in [7, 11) is 0. The Balaban J connectivity index is 1.24. The summed E-state index contributed by atoms with van der Waals surface area (Å²) in [4.78, 5) is 28.5. The number of nitrogens with one attached hydrogen (secondary N) is 1. The first-order valence-corrected chi connectivity index (χ1v) is 10.5. The van der Waals surface area contributed by atoms with Gasteiger partial charge in [-0.2, -0.15) is 0 Å². The maximum atomic E-state index is 12.3. The van der Waals surface area contributed by atoms with Crippen LogP contribution in [0, 0.1) is 5.92 Å². The average molecular weight is 425 g/mol. The molecule has 1 fully saturated rings. The van der Waals surface area contributed by atoms with Gasteiger partial charge in [0.2, 0.25) is 12.7 Å². The van der Waals surface area contributed by atoms with Crippen molar-refractivity contribution in [2.45, 2.75) is 13.0 Å². The number of carboxylic acid groups (broad SMARTS) is 1. The summed E-state index contributed by atoms with van der Waals surface area (Å²) in [6.45, 7) is 4.69. The zero-order valence-electron chi connectivity index (χ0n) is 17.3. The molecule has 0 aromatic heterocycles. The van der Waals surface area contributed by atoms with E-state index in [1.807, 2.05) is 36.4 Å². The summed E-state index contributed by atoms with van der Waals surface area (Å²) in [5, 5.41) is 12.4. The number of hydrogen-bond acceptors (Lipinski definition) is 6. The number of amides is 1. The van der Waals surface area contributed by atoms with Gasteiger partial charge in [0.25, 0.3) is 0 Å². The highest BCUT2D eigenvalue weighted by Crippen LogP contribution is 2.32. The largest absolute Gasteiger partial charge is 0.481 e. The van der Waals surface area contributed by atoms with Crippen LogP contribution in [0.25, 0.3) is 0 Å². The second-order valence-electron chi connectivity index (χ2n) is 7.92. The van der Waals surface area contributed by atoms with Crippen molar-refractivity contribution < 1.29 is 24.2 Å². The Kier molecular flexibility index (Phi) is 6.69. The van der Waals surface area contributed by atoms with Crippen molar-refractivity contribution in [3.63, 3.8) is 0 Å². The van der Waals surface area contributed by atoms with Crippen LogP contribution < -0.4 is 14.8 Å². The fourth-order valence-electron chi connectivity index (χ4n) is 3.93. The molecule has 2 aliphatic heterocycles. The predicted octanol–water partition coefficient (Wildman–Crippen LogP) is 2.26. The second-order valence-corrected chi connectivity index (χ2v) is 7.92. The molecule has 0 spiro atoms. The summed E-state index contributed by atoms with van der Waals surface area (Å²) in [5.74, 6) is -0.381. The van der Waals surface area contributed by atoms with Gasteiger partial charge < -0.3 is 19.9 Å². The first-order chi connectivity index (χ1) is 15.1. The van der Waals surface area contributed by atoms with E-state index in [0.717, 1.165) is 44.2 Å². The van der Waals surface area contributed by atoms with Crippen molar-refractivity contribution in [2.75, 3.05) is 44.8 Å². The van der Waals surface area contributed by atoms with Gasteiger partial charge in [0.15, 0.2) is 11.5 Å². The highest BCUT2D eigenvalue weighted by atomic mass is 16.7. The molecule has 0 saturated carbocycles. The lowest BCUT2D eigenvalue weighted by Gasteiger charge is -2.35. The van der Waals surface area contributed by atoms with E-state index in [-0.39, 0.29) is 19.1 Å². The lowest BCUT2D eigenvalue weighted by atomic mass is 10.0. The predicted molar refractivity (Wildman–Crippen MR) is 115 cm³/mol. The Morgan fingerprint density at radius 2 is 1.68 bits per heavy atom. The fourth-order valence-corrected chi connectivity index (χ4v) is 3.93. The number of carboxylic acids is 1. The van der Waals surface area contributed by atoms with Crippen LogP contribution in [0.4, 0.5) is 5.69 Å². The third-order valence-corrected chi connectivity index (χ3v) is 5.63. The summed E-state index contributed by atoms with van der Waals surface area (Å²) < 4.78 is 10.8. The van der Waals surface area contributed by atoms with Crippen LogP contribution in [0.5, 0.6) is 11.5 Å². The smallest absolute Gasteiger partial charge is 0.308 e. The Labute approximate surface area is 181 Å². The Hall–Kier alpha value is -3.10. The van der Waals surface area contributed by atoms with Gasteiger partial charge in [0, 0.05) is 51.4 Å². The second kappa shape index (κ2) is 9.80. The van der Waals surface area contributed by atoms with Crippen molar-refractivity contribution in [2.24, 2.45) is 5.92 Å². The maximum absolute atomic E-state index is 12.3. The van der Waals surface area contributed by atoms with Gasteiger partial charge in [-0.15, -0.1) is 0 Å². The zero-order chi connectivity index (χ0) is 21.6. The van der Waals surface area contributed by atoms with Crippen LogP contribution in [0.15, 0.2) is 48.5 Å². The van der Waals surface area contributed by atoms with Crippen LogP contribution in [0.3, 0.4) is 0 Å². The summed E-state index contributed by atoms with van der Waals surface area (Å²) in [5.41, 5.74) is 1.84. The third kappa shape index (κ3) is 5.74. The lowest BCUT2D eigenvalue weighted by Crippen LogP contribution is -2.48. The summed E-state index contributed by atoms with van der Waals surface area (Å²) in [6, 6.07) is 15.1. The zero-order valence-corrected chi connectivity index (χ0v) is 17.3. The highest BCUT2D eigenvalue weighted by molar-refractivity contribution is 5.93. The first kappa shape index (κ1) is 21.1. The molecule has 8 heteroatoms. The molecule has 1 amide bonds. The molecule has 164 valence electrons. The summed E-state index contributed by atoms with van der Waals surface area (Å²) in [6.07, 6.45) is -0.0400. The normalized spacial score (nSPS) is 17.3. The van der Waals surface area contributed by atoms with Crippen LogP contribution >= 0.6 is 0 Å². The third-order valence-electron chi connectivity index (χ3n) is 5.63. The van der Waals surface area contributed by atoms with Crippen LogP contribution in [0.2, 0.25) is 0 Å². The van der Waals surface area contributed by atoms with Gasteiger partial charge in [-0.25, -0.2) is 0 Å². The van der Waals surface area contributed by atoms with E-state index < -0.39 is 11.9 Å². The van der Waals surface area contributed by atoms with E-state index in [0.29, 0.717) is 12.2 Å². The molecule has 4 rings (SSSR count). The molecule has 2 heterocycles. The van der Waals surface area contributed by atoms with Crippen molar-refractivity contribution in [1.82, 2.24) is 9.80 Å². The van der Waals surface area contributed by atoms with E-state index in [9.17, 15) is 14.7 Å². The molecule has 8 nitrogen and oxygen atoms in total. The molecule has 1 unspecified atom stereocenters. The van der Waals surface area contributed by atoms with E-state index in [1.165, 1.54) is 5.56 Å². The molecule has 2 aliphatic rings. The van der Waals surface area contributed by atoms with Crippen molar-refractivity contribution in [1.29, 1.82) is 0 Å². The molecule has 0 bridgehead atoms. The number of carbonyl (C=O) groups excluding carboxylic acids is 1. The van der Waals surface area contributed by atoms with Crippen molar-refractivity contribution in [3.05, 3.63) is 54.1 Å². The number of carbonyl (C=O) groups is 2. The number of hydrogen-bond donors (Lipinski definition) is 2. The molecule has 2 aromatic rings.